The van der Waals surface area contributed by atoms with E-state index in [0.717, 1.165) is 16.3 Å². The number of hydrogen-bond acceptors (Lipinski definition) is 5. The minimum absolute atomic E-state index is 0.0423. The Morgan fingerprint density at radius 2 is 2.00 bits per heavy atom. The topological polar surface area (TPSA) is 81.8 Å². The number of carbonyl (C=O) groups excluding carboxylic acids is 3. The van der Waals surface area contributed by atoms with Crippen LogP contribution in [0, 0.1) is 0 Å². The first-order chi connectivity index (χ1) is 14.5. The summed E-state index contributed by atoms with van der Waals surface area (Å²) >= 11 is 7.89. The van der Waals surface area contributed by atoms with Crippen LogP contribution in [0.3, 0.4) is 0 Å². The fourth-order valence-electron chi connectivity index (χ4n) is 4.21. The molecule has 3 aliphatic heterocycles. The van der Waals surface area contributed by atoms with E-state index in [1.54, 1.807) is 17.0 Å². The molecule has 3 amide bonds. The minimum Gasteiger partial charge on any atom is -0.359 e. The van der Waals surface area contributed by atoms with Gasteiger partial charge in [-0.05, 0) is 36.8 Å². The van der Waals surface area contributed by atoms with Crippen LogP contribution in [0.25, 0.3) is 0 Å². The van der Waals surface area contributed by atoms with Gasteiger partial charge in [0, 0.05) is 30.1 Å². The maximum atomic E-state index is 13.3. The molecule has 2 aromatic carbocycles. The van der Waals surface area contributed by atoms with E-state index in [9.17, 15) is 14.4 Å². The van der Waals surface area contributed by atoms with E-state index in [4.69, 9.17) is 11.6 Å². The van der Waals surface area contributed by atoms with Crippen LogP contribution < -0.4 is 20.4 Å². The van der Waals surface area contributed by atoms with Gasteiger partial charge < -0.3 is 15.5 Å². The normalized spacial score (nSPS) is 22.6. The van der Waals surface area contributed by atoms with Crippen LogP contribution in [-0.4, -0.2) is 42.2 Å². The molecular weight excluding hydrogens is 424 g/mol. The Bertz CT molecular complexity index is 1080. The van der Waals surface area contributed by atoms with Gasteiger partial charge in [-0.2, -0.15) is 0 Å². The molecule has 0 radical (unpaired) electrons. The van der Waals surface area contributed by atoms with E-state index >= 15 is 0 Å². The summed E-state index contributed by atoms with van der Waals surface area (Å²) in [5, 5.41) is 6.19. The molecule has 0 spiro atoms. The first kappa shape index (κ1) is 19.3. The van der Waals surface area contributed by atoms with Gasteiger partial charge in [0.15, 0.2) is 4.87 Å². The molecule has 1 atom stereocenters. The summed E-state index contributed by atoms with van der Waals surface area (Å²) in [6.45, 7) is 1.49. The molecular formula is C21H19ClN4O3S. The third-order valence-corrected chi connectivity index (χ3v) is 7.39. The number of para-hydroxylation sites is 1. The van der Waals surface area contributed by atoms with Crippen molar-refractivity contribution >= 4 is 58.1 Å². The summed E-state index contributed by atoms with van der Waals surface area (Å²) < 4.78 is 0. The summed E-state index contributed by atoms with van der Waals surface area (Å²) in [5.41, 5.74) is 2.10. The fourth-order valence-corrected chi connectivity index (χ4v) is 5.93. The lowest BCUT2D eigenvalue weighted by Crippen LogP contribution is -2.49. The zero-order chi connectivity index (χ0) is 20.9. The summed E-state index contributed by atoms with van der Waals surface area (Å²) in [5.74, 6) is -0.326. The molecule has 2 aromatic rings. The number of carbonyl (C=O) groups is 3. The second kappa shape index (κ2) is 7.21. The van der Waals surface area contributed by atoms with Gasteiger partial charge in [0.2, 0.25) is 11.8 Å². The van der Waals surface area contributed by atoms with E-state index in [1.807, 2.05) is 35.2 Å². The Hall–Kier alpha value is -2.71. The largest absolute Gasteiger partial charge is 0.359 e. The van der Waals surface area contributed by atoms with E-state index in [0.29, 0.717) is 36.6 Å². The van der Waals surface area contributed by atoms with Crippen molar-refractivity contribution in [1.29, 1.82) is 0 Å². The zero-order valence-corrected chi connectivity index (χ0v) is 17.6. The smallest absolute Gasteiger partial charge is 0.261 e. The number of thioether (sulfide) groups is 1. The maximum absolute atomic E-state index is 13.3. The van der Waals surface area contributed by atoms with Crippen molar-refractivity contribution in [2.24, 2.45) is 0 Å². The summed E-state index contributed by atoms with van der Waals surface area (Å²) in [4.78, 5) is 41.0. The molecule has 2 fully saturated rings. The maximum Gasteiger partial charge on any atom is 0.261 e. The zero-order valence-electron chi connectivity index (χ0n) is 16.0. The Balaban J connectivity index is 1.39. The lowest BCUT2D eigenvalue weighted by molar-refractivity contribution is -0.121. The predicted molar refractivity (Wildman–Crippen MR) is 117 cm³/mol. The van der Waals surface area contributed by atoms with Crippen molar-refractivity contribution in [3.63, 3.8) is 0 Å². The highest BCUT2D eigenvalue weighted by atomic mass is 35.5. The van der Waals surface area contributed by atoms with Gasteiger partial charge in [0.05, 0.1) is 22.9 Å². The summed E-state index contributed by atoms with van der Waals surface area (Å²) in [7, 11) is 0. The van der Waals surface area contributed by atoms with Crippen molar-refractivity contribution < 1.29 is 14.4 Å². The molecule has 0 bridgehead atoms. The molecule has 0 aromatic heterocycles. The number of anilines is 3. The molecule has 7 nitrogen and oxygen atoms in total. The van der Waals surface area contributed by atoms with Crippen LogP contribution in [-0.2, 0) is 14.4 Å². The van der Waals surface area contributed by atoms with Crippen molar-refractivity contribution in [3.8, 4) is 0 Å². The second-order valence-corrected chi connectivity index (χ2v) is 9.20. The number of nitrogens with one attached hydrogen (secondary N) is 2. The molecule has 0 unspecified atom stereocenters. The lowest BCUT2D eigenvalue weighted by atomic mass is 10.1. The van der Waals surface area contributed by atoms with Crippen LogP contribution >= 0.6 is 23.4 Å². The van der Waals surface area contributed by atoms with Crippen LogP contribution in [0.2, 0.25) is 5.02 Å². The first-order valence-electron chi connectivity index (χ1n) is 9.72. The number of rotatable bonds is 3. The average Bonchev–Trinajstić information content (AvgIpc) is 3.24. The Kier molecular flexibility index (Phi) is 4.63. The first-order valence-corrected chi connectivity index (χ1v) is 10.9. The van der Waals surface area contributed by atoms with Gasteiger partial charge in [-0.15, -0.1) is 0 Å². The van der Waals surface area contributed by atoms with Crippen molar-refractivity contribution in [2.75, 3.05) is 34.8 Å². The highest BCUT2D eigenvalue weighted by Crippen LogP contribution is 2.56. The van der Waals surface area contributed by atoms with E-state index in [1.165, 1.54) is 11.8 Å². The second-order valence-electron chi connectivity index (χ2n) is 7.48. The molecule has 2 saturated heterocycles. The quantitative estimate of drug-likeness (QED) is 0.763. The molecule has 3 heterocycles. The SMILES string of the molecule is O=C1CN(c2ccc(NC(=O)[C@]34CCC(=O)N3c3ccccc3S4)cc2Cl)CCN1. The van der Waals surface area contributed by atoms with Gasteiger partial charge >= 0.3 is 0 Å². The number of amides is 3. The minimum atomic E-state index is -0.975. The highest BCUT2D eigenvalue weighted by molar-refractivity contribution is 8.02. The van der Waals surface area contributed by atoms with Crippen LogP contribution in [0.15, 0.2) is 47.4 Å². The number of hydrogen-bond donors (Lipinski definition) is 2. The Labute approximate surface area is 182 Å². The molecule has 3 aliphatic rings. The third kappa shape index (κ3) is 3.02. The van der Waals surface area contributed by atoms with Gasteiger partial charge in [-0.3, -0.25) is 19.3 Å². The summed E-state index contributed by atoms with van der Waals surface area (Å²) in [6, 6.07) is 12.9. The number of fused-ring (bicyclic) bond motifs is 3. The molecule has 0 aliphatic carbocycles. The molecule has 2 N–H and O–H groups in total. The number of benzene rings is 2. The highest BCUT2D eigenvalue weighted by Gasteiger charge is 2.57. The van der Waals surface area contributed by atoms with Crippen molar-refractivity contribution in [2.45, 2.75) is 22.6 Å². The van der Waals surface area contributed by atoms with Gasteiger partial charge in [-0.1, -0.05) is 35.5 Å². The molecule has 9 heteroatoms. The fraction of sp³-hybridized carbons (Fsp3) is 0.286. The van der Waals surface area contributed by atoms with Crippen LogP contribution in [0.1, 0.15) is 12.8 Å². The van der Waals surface area contributed by atoms with Gasteiger partial charge in [0.1, 0.15) is 0 Å². The van der Waals surface area contributed by atoms with Gasteiger partial charge in [-0.25, -0.2) is 0 Å². The lowest BCUT2D eigenvalue weighted by Gasteiger charge is -2.30. The number of piperazine rings is 1. The number of nitrogens with zero attached hydrogens (tertiary/aromatic N) is 2. The van der Waals surface area contributed by atoms with Crippen LogP contribution in [0.5, 0.6) is 0 Å². The van der Waals surface area contributed by atoms with E-state index < -0.39 is 4.87 Å². The standard InChI is InChI=1S/C21H19ClN4O3S/c22-14-11-13(5-6-15(14)25-10-9-23-18(27)12-25)24-20(29)21-8-7-19(28)26(21)16-3-1-2-4-17(16)30-21/h1-6,11H,7-10,12H2,(H,23,27)(H,24,29)/t21-/m1/s1. The van der Waals surface area contributed by atoms with Crippen LogP contribution in [0.4, 0.5) is 17.1 Å². The summed E-state index contributed by atoms with van der Waals surface area (Å²) in [6.07, 6.45) is 0.789. The molecule has 30 heavy (non-hydrogen) atoms. The monoisotopic (exact) mass is 442 g/mol. The van der Waals surface area contributed by atoms with E-state index in [-0.39, 0.29) is 24.3 Å². The van der Waals surface area contributed by atoms with E-state index in [2.05, 4.69) is 10.6 Å². The number of halogens is 1. The Morgan fingerprint density at radius 1 is 1.17 bits per heavy atom. The Morgan fingerprint density at radius 3 is 2.80 bits per heavy atom. The third-order valence-electron chi connectivity index (χ3n) is 5.61. The van der Waals surface area contributed by atoms with Crippen molar-refractivity contribution in [3.05, 3.63) is 47.5 Å². The molecule has 154 valence electrons. The average molecular weight is 443 g/mol. The molecule has 0 saturated carbocycles. The van der Waals surface area contributed by atoms with Gasteiger partial charge in [0.25, 0.3) is 5.91 Å². The molecule has 5 rings (SSSR count). The predicted octanol–water partition coefficient (Wildman–Crippen LogP) is 2.84. The van der Waals surface area contributed by atoms with Crippen molar-refractivity contribution in [1.82, 2.24) is 5.32 Å².